The molecule has 21 heavy (non-hydrogen) atoms. The summed E-state index contributed by atoms with van der Waals surface area (Å²) in [6.45, 7) is 2.13. The van der Waals surface area contributed by atoms with Crippen molar-refractivity contribution in [1.29, 1.82) is 0 Å². The fraction of sp³-hybridized carbons (Fsp3) is 0.714. The topological polar surface area (TPSA) is 63.0 Å². The van der Waals surface area contributed by atoms with Crippen LogP contribution in [0.5, 0.6) is 0 Å². The van der Waals surface area contributed by atoms with Gasteiger partial charge < -0.3 is 9.15 Å². The Morgan fingerprint density at radius 1 is 1.24 bits per heavy atom. The smallest absolute Gasteiger partial charge is 0.282 e. The third-order valence-electron chi connectivity index (χ3n) is 4.22. The number of hydrogen-bond acceptors (Lipinski definition) is 4. The predicted molar refractivity (Wildman–Crippen MR) is 77.8 cm³/mol. The molecule has 0 N–H and O–H groups in total. The van der Waals surface area contributed by atoms with Crippen LogP contribution in [0.1, 0.15) is 31.4 Å². The van der Waals surface area contributed by atoms with Crippen LogP contribution in [0.4, 0.5) is 0 Å². The minimum absolute atomic E-state index is 0.0861. The maximum Gasteiger partial charge on any atom is 0.282 e. The quantitative estimate of drug-likeness (QED) is 0.828. The first-order chi connectivity index (χ1) is 10.2. The van der Waals surface area contributed by atoms with Crippen LogP contribution in [0.15, 0.2) is 22.8 Å². The van der Waals surface area contributed by atoms with E-state index in [0.717, 1.165) is 25.7 Å². The molecule has 1 saturated heterocycles. The fourth-order valence-electron chi connectivity index (χ4n) is 3.07. The lowest BCUT2D eigenvalue weighted by molar-refractivity contribution is 0.0687. The number of ether oxygens (including phenoxy) is 1. The summed E-state index contributed by atoms with van der Waals surface area (Å²) in [5.41, 5.74) is 0. The van der Waals surface area contributed by atoms with Crippen molar-refractivity contribution in [1.82, 2.24) is 8.61 Å². The lowest BCUT2D eigenvalue weighted by Gasteiger charge is -2.34. The average molecular weight is 314 g/mol. The van der Waals surface area contributed by atoms with E-state index in [0.29, 0.717) is 38.6 Å². The molecule has 2 aliphatic rings. The molecule has 3 rings (SSSR count). The molecule has 0 unspecified atom stereocenters. The molecule has 2 heterocycles. The Morgan fingerprint density at radius 2 is 1.95 bits per heavy atom. The van der Waals surface area contributed by atoms with Gasteiger partial charge in [-0.15, -0.1) is 0 Å². The first kappa shape index (κ1) is 15.0. The van der Waals surface area contributed by atoms with Gasteiger partial charge >= 0.3 is 0 Å². The van der Waals surface area contributed by atoms with Crippen LogP contribution in [-0.4, -0.2) is 49.4 Å². The summed E-state index contributed by atoms with van der Waals surface area (Å²) < 4.78 is 39.7. The first-order valence-electron chi connectivity index (χ1n) is 7.55. The summed E-state index contributed by atoms with van der Waals surface area (Å²) in [6.07, 6.45) is 5.65. The van der Waals surface area contributed by atoms with E-state index in [1.165, 1.54) is 4.31 Å². The van der Waals surface area contributed by atoms with Crippen LogP contribution >= 0.6 is 0 Å². The highest BCUT2D eigenvalue weighted by Gasteiger charge is 2.37. The van der Waals surface area contributed by atoms with Crippen LogP contribution in [-0.2, 0) is 21.5 Å². The summed E-state index contributed by atoms with van der Waals surface area (Å²) in [7, 11) is -3.46. The minimum Gasteiger partial charge on any atom is -0.468 e. The van der Waals surface area contributed by atoms with Gasteiger partial charge in [0.2, 0.25) is 0 Å². The highest BCUT2D eigenvalue weighted by atomic mass is 32.2. The van der Waals surface area contributed by atoms with Crippen molar-refractivity contribution in [3.8, 4) is 0 Å². The van der Waals surface area contributed by atoms with Gasteiger partial charge in [0.05, 0.1) is 26.0 Å². The molecule has 0 atom stereocenters. The number of furan rings is 1. The Kier molecular flexibility index (Phi) is 4.63. The number of morpholine rings is 1. The first-order valence-corrected chi connectivity index (χ1v) is 8.94. The molecule has 1 aliphatic heterocycles. The van der Waals surface area contributed by atoms with E-state index in [2.05, 4.69) is 0 Å². The van der Waals surface area contributed by atoms with E-state index in [1.807, 2.05) is 6.07 Å². The molecule has 1 saturated carbocycles. The lowest BCUT2D eigenvalue weighted by atomic mass is 10.2. The standard InChI is InChI=1S/C14H22N2O4S/c17-21(18,15-7-10-19-11-8-15)16(13-4-1-2-5-13)12-14-6-3-9-20-14/h3,6,9,13H,1-2,4-5,7-8,10-12H2. The second-order valence-electron chi connectivity index (χ2n) is 5.58. The molecular weight excluding hydrogens is 292 g/mol. The molecule has 118 valence electrons. The maximum absolute atomic E-state index is 13.0. The average Bonchev–Trinajstić information content (AvgIpc) is 3.19. The van der Waals surface area contributed by atoms with Crippen LogP contribution in [0.2, 0.25) is 0 Å². The van der Waals surface area contributed by atoms with E-state index in [-0.39, 0.29) is 6.04 Å². The summed E-state index contributed by atoms with van der Waals surface area (Å²) in [5.74, 6) is 0.693. The summed E-state index contributed by atoms with van der Waals surface area (Å²) in [6, 6.07) is 3.71. The van der Waals surface area contributed by atoms with Gasteiger partial charge in [-0.2, -0.15) is 17.0 Å². The molecule has 0 bridgehead atoms. The molecule has 0 amide bonds. The van der Waals surface area contributed by atoms with Gasteiger partial charge in [-0.1, -0.05) is 12.8 Å². The fourth-order valence-corrected chi connectivity index (χ4v) is 4.86. The van der Waals surface area contributed by atoms with Gasteiger partial charge in [-0.25, -0.2) is 0 Å². The van der Waals surface area contributed by atoms with Crippen LogP contribution in [0.25, 0.3) is 0 Å². The Morgan fingerprint density at radius 3 is 2.57 bits per heavy atom. The van der Waals surface area contributed by atoms with Crippen molar-refractivity contribution < 1.29 is 17.6 Å². The molecular formula is C14H22N2O4S. The molecule has 6 nitrogen and oxygen atoms in total. The van der Waals surface area contributed by atoms with Crippen LogP contribution < -0.4 is 0 Å². The van der Waals surface area contributed by atoms with Crippen molar-refractivity contribution in [3.63, 3.8) is 0 Å². The second kappa shape index (κ2) is 6.48. The van der Waals surface area contributed by atoms with Crippen molar-refractivity contribution >= 4 is 10.2 Å². The summed E-state index contributed by atoms with van der Waals surface area (Å²) >= 11 is 0. The van der Waals surface area contributed by atoms with Gasteiger partial charge in [-0.05, 0) is 25.0 Å². The van der Waals surface area contributed by atoms with Gasteiger partial charge in [0, 0.05) is 19.1 Å². The molecule has 0 spiro atoms. The molecule has 1 aromatic heterocycles. The largest absolute Gasteiger partial charge is 0.468 e. The highest BCUT2D eigenvalue weighted by Crippen LogP contribution is 2.29. The Balaban J connectivity index is 1.82. The SMILES string of the molecule is O=S(=O)(N1CCOCC1)N(Cc1ccco1)C1CCCC1. The van der Waals surface area contributed by atoms with Gasteiger partial charge in [0.15, 0.2) is 0 Å². The summed E-state index contributed by atoms with van der Waals surface area (Å²) in [4.78, 5) is 0. The third-order valence-corrected chi connectivity index (χ3v) is 6.25. The molecule has 1 aliphatic carbocycles. The zero-order valence-electron chi connectivity index (χ0n) is 12.1. The van der Waals surface area contributed by atoms with Crippen molar-refractivity contribution in [2.75, 3.05) is 26.3 Å². The van der Waals surface area contributed by atoms with E-state index in [4.69, 9.17) is 9.15 Å². The van der Waals surface area contributed by atoms with Gasteiger partial charge in [0.25, 0.3) is 10.2 Å². The number of hydrogen-bond donors (Lipinski definition) is 0. The Labute approximate surface area is 125 Å². The van der Waals surface area contributed by atoms with E-state index < -0.39 is 10.2 Å². The van der Waals surface area contributed by atoms with E-state index in [9.17, 15) is 8.42 Å². The number of nitrogens with zero attached hydrogens (tertiary/aromatic N) is 2. The zero-order valence-corrected chi connectivity index (χ0v) is 12.9. The van der Waals surface area contributed by atoms with E-state index in [1.54, 1.807) is 16.6 Å². The number of rotatable bonds is 5. The minimum atomic E-state index is -3.46. The molecule has 2 fully saturated rings. The zero-order chi connectivity index (χ0) is 14.7. The maximum atomic E-state index is 13.0. The predicted octanol–water partition coefficient (Wildman–Crippen LogP) is 1.60. The lowest BCUT2D eigenvalue weighted by Crippen LogP contribution is -2.51. The van der Waals surface area contributed by atoms with Crippen LogP contribution in [0.3, 0.4) is 0 Å². The normalized spacial score (nSPS) is 22.1. The molecule has 0 aromatic carbocycles. The highest BCUT2D eigenvalue weighted by molar-refractivity contribution is 7.86. The van der Waals surface area contributed by atoms with Crippen molar-refractivity contribution in [2.45, 2.75) is 38.3 Å². The van der Waals surface area contributed by atoms with Crippen LogP contribution in [0, 0.1) is 0 Å². The van der Waals surface area contributed by atoms with Gasteiger partial charge in [0.1, 0.15) is 5.76 Å². The third kappa shape index (κ3) is 3.31. The molecule has 0 radical (unpaired) electrons. The second-order valence-corrected chi connectivity index (χ2v) is 7.46. The van der Waals surface area contributed by atoms with E-state index >= 15 is 0 Å². The van der Waals surface area contributed by atoms with Crippen molar-refractivity contribution in [3.05, 3.63) is 24.2 Å². The van der Waals surface area contributed by atoms with Gasteiger partial charge in [-0.3, -0.25) is 0 Å². The summed E-state index contributed by atoms with van der Waals surface area (Å²) in [5, 5.41) is 0. The molecule has 1 aromatic rings. The van der Waals surface area contributed by atoms with Crippen molar-refractivity contribution in [2.24, 2.45) is 0 Å². The Bertz CT molecular complexity index is 531. The molecule has 7 heteroatoms. The Hall–Kier alpha value is -0.890. The monoisotopic (exact) mass is 314 g/mol.